The monoisotopic (exact) mass is 209 g/mol. The molecule has 0 bridgehead atoms. The summed E-state index contributed by atoms with van der Waals surface area (Å²) in [6.07, 6.45) is 3.79. The molecule has 0 saturated heterocycles. The van der Waals surface area contributed by atoms with Gasteiger partial charge in [0.15, 0.2) is 0 Å². The van der Waals surface area contributed by atoms with Gasteiger partial charge in [0.25, 0.3) is 0 Å². The molecule has 4 nitrogen and oxygen atoms in total. The molecule has 2 fully saturated rings. The average molecular weight is 209 g/mol. The molecule has 3 rings (SSSR count). The molecular formula is C9H11N3OS. The van der Waals surface area contributed by atoms with E-state index in [-0.39, 0.29) is 0 Å². The predicted octanol–water partition coefficient (Wildman–Crippen LogP) is 1.35. The van der Waals surface area contributed by atoms with Crippen molar-refractivity contribution in [2.45, 2.75) is 31.6 Å². The van der Waals surface area contributed by atoms with Crippen molar-refractivity contribution in [1.82, 2.24) is 10.2 Å². The van der Waals surface area contributed by atoms with Crippen molar-refractivity contribution in [2.75, 3.05) is 5.73 Å². The van der Waals surface area contributed by atoms with Gasteiger partial charge >= 0.3 is 0 Å². The molecule has 0 radical (unpaired) electrons. The van der Waals surface area contributed by atoms with Crippen LogP contribution in [0.2, 0.25) is 0 Å². The van der Waals surface area contributed by atoms with E-state index >= 15 is 0 Å². The van der Waals surface area contributed by atoms with E-state index < -0.39 is 0 Å². The van der Waals surface area contributed by atoms with Crippen LogP contribution in [0.3, 0.4) is 0 Å². The smallest absolute Gasteiger partial charge is 0.203 e. The highest BCUT2D eigenvalue weighted by Gasteiger charge is 2.53. The van der Waals surface area contributed by atoms with E-state index in [1.54, 1.807) is 0 Å². The molecule has 0 atom stereocenters. The maximum atomic E-state index is 10.9. The summed E-state index contributed by atoms with van der Waals surface area (Å²) < 4.78 is 0. The lowest BCUT2D eigenvalue weighted by atomic mass is 9.51. The van der Waals surface area contributed by atoms with Crippen LogP contribution in [-0.2, 0) is 4.79 Å². The minimum Gasteiger partial charge on any atom is -0.374 e. The summed E-state index contributed by atoms with van der Waals surface area (Å²) in [7, 11) is 0. The predicted molar refractivity (Wildman–Crippen MR) is 53.0 cm³/mol. The molecule has 74 valence electrons. The number of hydrogen-bond acceptors (Lipinski definition) is 5. The zero-order valence-corrected chi connectivity index (χ0v) is 8.51. The summed E-state index contributed by atoms with van der Waals surface area (Å²) in [5.74, 6) is 0.929. The Balaban J connectivity index is 1.67. The minimum atomic E-state index is 0.349. The summed E-state index contributed by atoms with van der Waals surface area (Å²) in [6.45, 7) is 0. The summed E-state index contributed by atoms with van der Waals surface area (Å²) in [4.78, 5) is 10.9. The molecule has 0 aliphatic heterocycles. The largest absolute Gasteiger partial charge is 0.374 e. The normalized spacial score (nSPS) is 24.7. The van der Waals surface area contributed by atoms with Gasteiger partial charge in [-0.1, -0.05) is 11.3 Å². The molecule has 2 aliphatic rings. The van der Waals surface area contributed by atoms with E-state index in [9.17, 15) is 4.79 Å². The van der Waals surface area contributed by atoms with Crippen molar-refractivity contribution in [2.24, 2.45) is 5.41 Å². The summed E-state index contributed by atoms with van der Waals surface area (Å²) >= 11 is 1.48. The molecule has 1 heterocycles. The van der Waals surface area contributed by atoms with Crippen molar-refractivity contribution < 1.29 is 4.79 Å². The Morgan fingerprint density at radius 2 is 2.07 bits per heavy atom. The molecule has 14 heavy (non-hydrogen) atoms. The third-order valence-electron chi connectivity index (χ3n) is 3.31. The van der Waals surface area contributed by atoms with E-state index in [0.717, 1.165) is 30.7 Å². The van der Waals surface area contributed by atoms with Crippen LogP contribution < -0.4 is 5.73 Å². The number of ketones is 1. The van der Waals surface area contributed by atoms with Crippen LogP contribution in [0.5, 0.6) is 0 Å². The fourth-order valence-electron chi connectivity index (χ4n) is 2.65. The third kappa shape index (κ3) is 1.08. The van der Waals surface area contributed by atoms with Gasteiger partial charge in [-0.3, -0.25) is 4.79 Å². The van der Waals surface area contributed by atoms with Gasteiger partial charge in [0.2, 0.25) is 5.13 Å². The van der Waals surface area contributed by atoms with Crippen molar-refractivity contribution >= 4 is 22.3 Å². The Morgan fingerprint density at radius 3 is 2.57 bits per heavy atom. The fourth-order valence-corrected chi connectivity index (χ4v) is 3.36. The number of carbonyl (C=O) groups is 1. The Hall–Kier alpha value is -0.970. The van der Waals surface area contributed by atoms with Crippen molar-refractivity contribution in [1.29, 1.82) is 0 Å². The lowest BCUT2D eigenvalue weighted by Gasteiger charge is -2.52. The van der Waals surface area contributed by atoms with Gasteiger partial charge in [0, 0.05) is 18.8 Å². The zero-order valence-electron chi connectivity index (χ0n) is 7.69. The summed E-state index contributed by atoms with van der Waals surface area (Å²) in [5.41, 5.74) is 5.87. The Labute approximate surface area is 85.5 Å². The molecule has 0 unspecified atom stereocenters. The first-order valence-electron chi connectivity index (χ1n) is 4.77. The van der Waals surface area contributed by atoms with Gasteiger partial charge in [-0.05, 0) is 18.3 Å². The van der Waals surface area contributed by atoms with Gasteiger partial charge in [0.1, 0.15) is 10.8 Å². The quantitative estimate of drug-likeness (QED) is 0.758. The van der Waals surface area contributed by atoms with E-state index in [4.69, 9.17) is 5.73 Å². The van der Waals surface area contributed by atoms with Gasteiger partial charge in [-0.15, -0.1) is 10.2 Å². The van der Waals surface area contributed by atoms with Crippen LogP contribution >= 0.6 is 11.3 Å². The molecule has 2 saturated carbocycles. The molecule has 2 N–H and O–H groups in total. The topological polar surface area (TPSA) is 68.9 Å². The molecule has 0 amide bonds. The number of anilines is 1. The third-order valence-corrected chi connectivity index (χ3v) is 4.22. The highest BCUT2D eigenvalue weighted by atomic mass is 32.1. The van der Waals surface area contributed by atoms with Crippen LogP contribution in [0.4, 0.5) is 5.13 Å². The average Bonchev–Trinajstić information content (AvgIpc) is 2.41. The first-order valence-corrected chi connectivity index (χ1v) is 5.59. The Morgan fingerprint density at radius 1 is 1.36 bits per heavy atom. The zero-order chi connectivity index (χ0) is 9.76. The van der Waals surface area contributed by atoms with E-state index in [1.807, 2.05) is 0 Å². The lowest BCUT2D eigenvalue weighted by Crippen LogP contribution is -2.46. The lowest BCUT2D eigenvalue weighted by molar-refractivity contribution is -0.139. The molecule has 1 aromatic heterocycles. The van der Waals surface area contributed by atoms with Crippen molar-refractivity contribution in [3.05, 3.63) is 5.01 Å². The van der Waals surface area contributed by atoms with Crippen LogP contribution in [0.25, 0.3) is 0 Å². The molecule has 2 aliphatic carbocycles. The molecule has 1 spiro atoms. The first-order chi connectivity index (χ1) is 6.67. The standard InChI is InChI=1S/C9H11N3OS/c10-8-12-11-7(14-8)5-1-9(2-5)3-6(13)4-9/h5H,1-4H2,(H2,10,12). The number of nitrogen functional groups attached to an aromatic ring is 1. The van der Waals surface area contributed by atoms with Crippen LogP contribution in [0.1, 0.15) is 36.6 Å². The van der Waals surface area contributed by atoms with Crippen LogP contribution in [0, 0.1) is 5.41 Å². The first kappa shape index (κ1) is 8.35. The van der Waals surface area contributed by atoms with Gasteiger partial charge in [0.05, 0.1) is 0 Å². The minimum absolute atomic E-state index is 0.349. The van der Waals surface area contributed by atoms with Gasteiger partial charge < -0.3 is 5.73 Å². The van der Waals surface area contributed by atoms with E-state index in [1.165, 1.54) is 11.3 Å². The van der Waals surface area contributed by atoms with E-state index in [0.29, 0.717) is 22.2 Å². The second kappa shape index (κ2) is 2.53. The van der Waals surface area contributed by atoms with Crippen molar-refractivity contribution in [3.63, 3.8) is 0 Å². The number of Topliss-reactive ketones (excluding diaryl/α,β-unsaturated/α-hetero) is 1. The molecule has 0 aromatic carbocycles. The Bertz CT molecular complexity index is 385. The number of nitrogens with zero attached hydrogens (tertiary/aromatic N) is 2. The number of nitrogens with two attached hydrogens (primary N) is 1. The Kier molecular flexibility index (Phi) is 1.51. The number of aromatic nitrogens is 2. The highest BCUT2D eigenvalue weighted by Crippen LogP contribution is 2.60. The summed E-state index contributed by atoms with van der Waals surface area (Å²) in [6, 6.07) is 0. The maximum absolute atomic E-state index is 10.9. The maximum Gasteiger partial charge on any atom is 0.203 e. The van der Waals surface area contributed by atoms with Gasteiger partial charge in [-0.2, -0.15) is 0 Å². The fraction of sp³-hybridized carbons (Fsp3) is 0.667. The second-order valence-corrected chi connectivity index (χ2v) is 5.52. The van der Waals surface area contributed by atoms with Crippen LogP contribution in [0.15, 0.2) is 0 Å². The van der Waals surface area contributed by atoms with E-state index in [2.05, 4.69) is 10.2 Å². The number of carbonyl (C=O) groups excluding carboxylic acids is 1. The molecular weight excluding hydrogens is 198 g/mol. The number of rotatable bonds is 1. The SMILES string of the molecule is Nc1nnc(C2CC3(CC(=O)C3)C2)s1. The molecule has 1 aromatic rings. The van der Waals surface area contributed by atoms with Crippen LogP contribution in [-0.4, -0.2) is 16.0 Å². The van der Waals surface area contributed by atoms with Gasteiger partial charge in [-0.25, -0.2) is 0 Å². The highest BCUT2D eigenvalue weighted by molar-refractivity contribution is 7.15. The summed E-state index contributed by atoms with van der Waals surface area (Å²) in [5, 5.41) is 9.44. The molecule has 5 heteroatoms. The van der Waals surface area contributed by atoms with Crippen molar-refractivity contribution in [3.8, 4) is 0 Å². The number of hydrogen-bond donors (Lipinski definition) is 1. The second-order valence-electron chi connectivity index (χ2n) is 4.48.